The van der Waals surface area contributed by atoms with Crippen LogP contribution in [-0.4, -0.2) is 23.9 Å². The Bertz CT molecular complexity index is 416. The average Bonchev–Trinajstić information content (AvgIpc) is 2.77. The van der Waals surface area contributed by atoms with Crippen molar-refractivity contribution in [2.24, 2.45) is 5.92 Å². The van der Waals surface area contributed by atoms with Gasteiger partial charge < -0.3 is 4.90 Å². The smallest absolute Gasteiger partial charge is 0.225 e. The van der Waals surface area contributed by atoms with Crippen molar-refractivity contribution < 1.29 is 4.79 Å². The maximum absolute atomic E-state index is 11.9. The van der Waals surface area contributed by atoms with E-state index in [4.69, 9.17) is 0 Å². The van der Waals surface area contributed by atoms with E-state index in [1.807, 2.05) is 24.8 Å². The Labute approximate surface area is 111 Å². The highest BCUT2D eigenvalue weighted by atomic mass is 79.9. The van der Waals surface area contributed by atoms with Crippen LogP contribution < -0.4 is 0 Å². The molecule has 1 amide bonds. The molecule has 0 bridgehead atoms. The number of hydrogen-bond acceptors (Lipinski definition) is 1. The lowest BCUT2D eigenvalue weighted by atomic mass is 9.99. The third-order valence-corrected chi connectivity index (χ3v) is 3.81. The van der Waals surface area contributed by atoms with Crippen molar-refractivity contribution in [3.05, 3.63) is 34.3 Å². The van der Waals surface area contributed by atoms with Crippen LogP contribution in [0.5, 0.6) is 0 Å². The van der Waals surface area contributed by atoms with E-state index in [-0.39, 0.29) is 11.8 Å². The second kappa shape index (κ2) is 5.21. The summed E-state index contributed by atoms with van der Waals surface area (Å²) in [5, 5.41) is 0. The highest BCUT2D eigenvalue weighted by molar-refractivity contribution is 9.10. The van der Waals surface area contributed by atoms with Gasteiger partial charge in [0.25, 0.3) is 0 Å². The molecular weight excluding hydrogens is 278 g/mol. The average molecular weight is 296 g/mol. The zero-order chi connectivity index (χ0) is 12.4. The third kappa shape index (κ3) is 2.89. The maximum Gasteiger partial charge on any atom is 0.225 e. The minimum Gasteiger partial charge on any atom is -0.342 e. The van der Waals surface area contributed by atoms with Gasteiger partial charge in [-0.2, -0.15) is 0 Å². The van der Waals surface area contributed by atoms with Crippen LogP contribution in [-0.2, 0) is 4.79 Å². The number of hydrogen-bond donors (Lipinski definition) is 0. The fourth-order valence-corrected chi connectivity index (χ4v) is 2.78. The zero-order valence-electron chi connectivity index (χ0n) is 10.3. The van der Waals surface area contributed by atoms with E-state index in [2.05, 4.69) is 34.1 Å². The van der Waals surface area contributed by atoms with Crippen LogP contribution in [0.2, 0.25) is 0 Å². The third-order valence-electron chi connectivity index (χ3n) is 3.31. The molecule has 1 aromatic carbocycles. The number of carbonyl (C=O) groups excluding carboxylic acids is 1. The molecule has 1 aliphatic rings. The van der Waals surface area contributed by atoms with Crippen LogP contribution in [0, 0.1) is 5.92 Å². The van der Waals surface area contributed by atoms with Gasteiger partial charge in [-0.3, -0.25) is 4.79 Å². The molecule has 0 saturated carbocycles. The van der Waals surface area contributed by atoms with Crippen molar-refractivity contribution in [3.8, 4) is 0 Å². The largest absolute Gasteiger partial charge is 0.342 e. The number of amides is 1. The Morgan fingerprint density at radius 1 is 1.47 bits per heavy atom. The number of benzene rings is 1. The highest BCUT2D eigenvalue weighted by Crippen LogP contribution is 2.29. The van der Waals surface area contributed by atoms with E-state index in [1.165, 1.54) is 5.56 Å². The summed E-state index contributed by atoms with van der Waals surface area (Å²) in [7, 11) is 0. The quantitative estimate of drug-likeness (QED) is 0.819. The van der Waals surface area contributed by atoms with Gasteiger partial charge in [-0.05, 0) is 24.1 Å². The van der Waals surface area contributed by atoms with Crippen molar-refractivity contribution in [2.45, 2.75) is 26.2 Å². The first-order valence-corrected chi connectivity index (χ1v) is 6.91. The van der Waals surface area contributed by atoms with E-state index >= 15 is 0 Å². The Morgan fingerprint density at radius 2 is 2.24 bits per heavy atom. The summed E-state index contributed by atoms with van der Waals surface area (Å²) in [6.07, 6.45) is 1.08. The first-order chi connectivity index (χ1) is 8.08. The van der Waals surface area contributed by atoms with Gasteiger partial charge in [0, 0.05) is 29.4 Å². The van der Waals surface area contributed by atoms with Gasteiger partial charge in [-0.1, -0.05) is 41.9 Å². The topological polar surface area (TPSA) is 20.3 Å². The van der Waals surface area contributed by atoms with Gasteiger partial charge in [0.15, 0.2) is 0 Å². The second-order valence-electron chi connectivity index (χ2n) is 4.98. The molecule has 92 valence electrons. The Hall–Kier alpha value is -0.830. The Morgan fingerprint density at radius 3 is 2.88 bits per heavy atom. The van der Waals surface area contributed by atoms with E-state index in [1.54, 1.807) is 0 Å². The van der Waals surface area contributed by atoms with Crippen molar-refractivity contribution in [3.63, 3.8) is 0 Å². The van der Waals surface area contributed by atoms with Crippen molar-refractivity contribution in [1.82, 2.24) is 4.90 Å². The molecule has 1 fully saturated rings. The monoisotopic (exact) mass is 295 g/mol. The number of halogens is 1. The standard InChI is InChI=1S/C14H18BrNO/c1-10(2)14(17)16-7-6-12(9-16)11-4-3-5-13(15)8-11/h3-5,8,10,12H,6-7,9H2,1-2H3. The SMILES string of the molecule is CC(C)C(=O)N1CCC(c2cccc(Br)c2)C1. The van der Waals surface area contributed by atoms with Crippen LogP contribution in [0.25, 0.3) is 0 Å². The molecule has 2 nitrogen and oxygen atoms in total. The summed E-state index contributed by atoms with van der Waals surface area (Å²) in [5.41, 5.74) is 1.33. The van der Waals surface area contributed by atoms with Crippen LogP contribution in [0.15, 0.2) is 28.7 Å². The van der Waals surface area contributed by atoms with E-state index in [0.717, 1.165) is 24.0 Å². The molecule has 0 aliphatic carbocycles. The van der Waals surface area contributed by atoms with Gasteiger partial charge in [0.1, 0.15) is 0 Å². The molecule has 1 heterocycles. The molecule has 0 N–H and O–H groups in total. The number of likely N-dealkylation sites (tertiary alicyclic amines) is 1. The predicted octanol–water partition coefficient (Wildman–Crippen LogP) is 3.42. The lowest BCUT2D eigenvalue weighted by Gasteiger charge is -2.18. The Balaban J connectivity index is 2.05. The first-order valence-electron chi connectivity index (χ1n) is 6.12. The highest BCUT2D eigenvalue weighted by Gasteiger charge is 2.28. The number of nitrogens with zero attached hydrogens (tertiary/aromatic N) is 1. The van der Waals surface area contributed by atoms with E-state index in [0.29, 0.717) is 5.92 Å². The van der Waals surface area contributed by atoms with Crippen LogP contribution >= 0.6 is 15.9 Å². The summed E-state index contributed by atoms with van der Waals surface area (Å²) in [4.78, 5) is 13.9. The summed E-state index contributed by atoms with van der Waals surface area (Å²) in [6, 6.07) is 8.41. The maximum atomic E-state index is 11.9. The van der Waals surface area contributed by atoms with Gasteiger partial charge in [-0.15, -0.1) is 0 Å². The summed E-state index contributed by atoms with van der Waals surface area (Å²) >= 11 is 3.50. The van der Waals surface area contributed by atoms with E-state index in [9.17, 15) is 4.79 Å². The lowest BCUT2D eigenvalue weighted by molar-refractivity contribution is -0.133. The molecule has 0 spiro atoms. The van der Waals surface area contributed by atoms with Gasteiger partial charge >= 0.3 is 0 Å². The second-order valence-corrected chi connectivity index (χ2v) is 5.90. The fraction of sp³-hybridized carbons (Fsp3) is 0.500. The van der Waals surface area contributed by atoms with Crippen LogP contribution in [0.1, 0.15) is 31.7 Å². The minimum atomic E-state index is 0.108. The fourth-order valence-electron chi connectivity index (χ4n) is 2.36. The van der Waals surface area contributed by atoms with Gasteiger partial charge in [0.2, 0.25) is 5.91 Å². The summed E-state index contributed by atoms with van der Waals surface area (Å²) in [5.74, 6) is 0.883. The minimum absolute atomic E-state index is 0.108. The molecule has 1 saturated heterocycles. The molecule has 1 unspecified atom stereocenters. The molecule has 1 atom stereocenters. The number of rotatable bonds is 2. The molecule has 2 rings (SSSR count). The normalized spacial score (nSPS) is 20.0. The molecule has 1 aliphatic heterocycles. The lowest BCUT2D eigenvalue weighted by Crippen LogP contribution is -2.31. The van der Waals surface area contributed by atoms with Crippen molar-refractivity contribution in [2.75, 3.05) is 13.1 Å². The van der Waals surface area contributed by atoms with Crippen molar-refractivity contribution >= 4 is 21.8 Å². The van der Waals surface area contributed by atoms with Crippen LogP contribution in [0.4, 0.5) is 0 Å². The molecule has 17 heavy (non-hydrogen) atoms. The predicted molar refractivity (Wildman–Crippen MR) is 72.9 cm³/mol. The molecule has 0 aromatic heterocycles. The zero-order valence-corrected chi connectivity index (χ0v) is 11.9. The summed E-state index contributed by atoms with van der Waals surface area (Å²) in [6.45, 7) is 5.70. The molecule has 1 aromatic rings. The van der Waals surface area contributed by atoms with Crippen molar-refractivity contribution in [1.29, 1.82) is 0 Å². The van der Waals surface area contributed by atoms with Crippen LogP contribution in [0.3, 0.4) is 0 Å². The van der Waals surface area contributed by atoms with E-state index < -0.39 is 0 Å². The molecule has 0 radical (unpaired) electrons. The molecule has 3 heteroatoms. The Kier molecular flexibility index (Phi) is 3.87. The molecular formula is C14H18BrNO. The van der Waals surface area contributed by atoms with Gasteiger partial charge in [-0.25, -0.2) is 0 Å². The first kappa shape index (κ1) is 12.6. The summed E-state index contributed by atoms with van der Waals surface area (Å²) < 4.78 is 1.11. The van der Waals surface area contributed by atoms with Gasteiger partial charge in [0.05, 0.1) is 0 Å². The number of carbonyl (C=O) groups is 1.